The Kier molecular flexibility index (Phi) is 3.44. The molecule has 4 aliphatic rings. The van der Waals surface area contributed by atoms with Gasteiger partial charge in [0, 0.05) is 19.5 Å². The number of hydrogen-bond donors (Lipinski definition) is 1. The maximum absolute atomic E-state index is 12.2. The molecule has 8 atom stereocenters. The molecule has 0 aromatic heterocycles. The first-order valence-electron chi connectivity index (χ1n) is 9.70. The van der Waals surface area contributed by atoms with Crippen molar-refractivity contribution in [2.24, 2.45) is 34.5 Å². The van der Waals surface area contributed by atoms with E-state index >= 15 is 0 Å². The SMILES string of the molecule is CC1CC2N(C)C(=O)CC[C@]2(C)[C@@H]2CC[C@]3(C)CC(O)C[C@H]3[C@H]12. The number of rotatable bonds is 0. The van der Waals surface area contributed by atoms with Gasteiger partial charge in [-0.25, -0.2) is 0 Å². The van der Waals surface area contributed by atoms with Gasteiger partial charge in [-0.15, -0.1) is 0 Å². The Morgan fingerprint density at radius 1 is 1.17 bits per heavy atom. The molecule has 3 unspecified atom stereocenters. The summed E-state index contributed by atoms with van der Waals surface area (Å²) in [5.41, 5.74) is 0.642. The molecule has 0 radical (unpaired) electrons. The normalized spacial score (nSPS) is 56.0. The van der Waals surface area contributed by atoms with Crippen LogP contribution in [0.15, 0.2) is 0 Å². The van der Waals surface area contributed by atoms with Crippen molar-refractivity contribution in [3.8, 4) is 0 Å². The van der Waals surface area contributed by atoms with Gasteiger partial charge in [-0.1, -0.05) is 20.8 Å². The number of nitrogens with zero attached hydrogens (tertiary/aromatic N) is 1. The largest absolute Gasteiger partial charge is 0.393 e. The van der Waals surface area contributed by atoms with E-state index in [4.69, 9.17) is 0 Å². The van der Waals surface area contributed by atoms with Crippen LogP contribution < -0.4 is 0 Å². The zero-order chi connectivity index (χ0) is 16.6. The lowest BCUT2D eigenvalue weighted by Crippen LogP contribution is -2.62. The molecule has 4 fully saturated rings. The zero-order valence-corrected chi connectivity index (χ0v) is 15.2. The fourth-order valence-electron chi connectivity index (χ4n) is 7.49. The maximum atomic E-state index is 12.2. The van der Waals surface area contributed by atoms with Crippen LogP contribution in [0.3, 0.4) is 0 Å². The van der Waals surface area contributed by atoms with Crippen LogP contribution in [0.25, 0.3) is 0 Å². The number of carbonyl (C=O) groups excluding carboxylic acids is 1. The Morgan fingerprint density at radius 3 is 2.65 bits per heavy atom. The van der Waals surface area contributed by atoms with E-state index in [1.807, 2.05) is 7.05 Å². The second-order valence-electron chi connectivity index (χ2n) is 9.82. The molecule has 23 heavy (non-hydrogen) atoms. The molecule has 130 valence electrons. The van der Waals surface area contributed by atoms with Crippen LogP contribution in [-0.4, -0.2) is 35.1 Å². The van der Waals surface area contributed by atoms with Crippen molar-refractivity contribution in [3.05, 3.63) is 0 Å². The molecule has 3 heteroatoms. The van der Waals surface area contributed by atoms with Gasteiger partial charge in [-0.05, 0) is 73.0 Å². The number of piperidine rings is 1. The van der Waals surface area contributed by atoms with Gasteiger partial charge < -0.3 is 10.0 Å². The van der Waals surface area contributed by atoms with E-state index < -0.39 is 0 Å². The fourth-order valence-corrected chi connectivity index (χ4v) is 7.49. The van der Waals surface area contributed by atoms with Gasteiger partial charge in [0.1, 0.15) is 0 Å². The summed E-state index contributed by atoms with van der Waals surface area (Å²) in [5, 5.41) is 10.3. The van der Waals surface area contributed by atoms with Crippen LogP contribution in [0, 0.1) is 34.5 Å². The molecule has 1 saturated heterocycles. The molecule has 0 aromatic rings. The van der Waals surface area contributed by atoms with E-state index in [-0.39, 0.29) is 11.5 Å². The summed E-state index contributed by atoms with van der Waals surface area (Å²) < 4.78 is 0. The Labute approximate surface area is 140 Å². The van der Waals surface area contributed by atoms with E-state index in [9.17, 15) is 9.90 Å². The molecule has 3 nitrogen and oxygen atoms in total. The van der Waals surface area contributed by atoms with Crippen molar-refractivity contribution in [1.82, 2.24) is 4.90 Å². The lowest BCUT2D eigenvalue weighted by Gasteiger charge is -2.63. The number of carbonyl (C=O) groups is 1. The van der Waals surface area contributed by atoms with Crippen LogP contribution in [0.1, 0.15) is 65.7 Å². The molecular weight excluding hydrogens is 286 g/mol. The average molecular weight is 319 g/mol. The third-order valence-electron chi connectivity index (χ3n) is 8.68. The highest BCUT2D eigenvalue weighted by molar-refractivity contribution is 5.77. The minimum Gasteiger partial charge on any atom is -0.393 e. The van der Waals surface area contributed by atoms with Gasteiger partial charge in [-0.3, -0.25) is 4.79 Å². The highest BCUT2D eigenvalue weighted by Gasteiger charge is 2.61. The smallest absolute Gasteiger partial charge is 0.222 e. The van der Waals surface area contributed by atoms with Crippen LogP contribution in [0.2, 0.25) is 0 Å². The molecule has 0 bridgehead atoms. The molecule has 1 heterocycles. The van der Waals surface area contributed by atoms with Gasteiger partial charge in [0.2, 0.25) is 5.91 Å². The molecule has 1 amide bonds. The van der Waals surface area contributed by atoms with Crippen molar-refractivity contribution < 1.29 is 9.90 Å². The van der Waals surface area contributed by atoms with Gasteiger partial charge in [0.25, 0.3) is 0 Å². The first kappa shape index (κ1) is 15.9. The van der Waals surface area contributed by atoms with Gasteiger partial charge in [0.15, 0.2) is 0 Å². The van der Waals surface area contributed by atoms with E-state index in [0.717, 1.165) is 43.9 Å². The number of hydrogen-bond acceptors (Lipinski definition) is 2. The molecule has 3 saturated carbocycles. The van der Waals surface area contributed by atoms with Crippen LogP contribution in [0.5, 0.6) is 0 Å². The zero-order valence-electron chi connectivity index (χ0n) is 15.2. The second kappa shape index (κ2) is 4.97. The summed E-state index contributed by atoms with van der Waals surface area (Å²) in [7, 11) is 2.03. The predicted octanol–water partition coefficient (Wildman–Crippen LogP) is 3.46. The van der Waals surface area contributed by atoms with Crippen LogP contribution in [-0.2, 0) is 4.79 Å². The van der Waals surface area contributed by atoms with E-state index in [1.165, 1.54) is 12.8 Å². The number of aliphatic hydroxyl groups excluding tert-OH is 1. The van der Waals surface area contributed by atoms with E-state index in [0.29, 0.717) is 29.2 Å². The summed E-state index contributed by atoms with van der Waals surface area (Å²) in [5.74, 6) is 3.17. The first-order valence-corrected chi connectivity index (χ1v) is 9.70. The standard InChI is InChI=1S/C20H33NO2/c1-12-9-16-20(3,8-6-17(23)21(16)4)14-5-7-19(2)11-13(22)10-15(19)18(12)14/h12-16,18,22H,5-11H2,1-4H3/t12?,13?,14-,15+,16?,18-,19-,20-/m1/s1. The monoisotopic (exact) mass is 319 g/mol. The van der Waals surface area contributed by atoms with Crippen molar-refractivity contribution in [3.63, 3.8) is 0 Å². The lowest BCUT2D eigenvalue weighted by molar-refractivity contribution is -0.164. The fraction of sp³-hybridized carbons (Fsp3) is 0.950. The van der Waals surface area contributed by atoms with Gasteiger partial charge in [0.05, 0.1) is 6.10 Å². The van der Waals surface area contributed by atoms with Crippen molar-refractivity contribution in [2.75, 3.05) is 7.05 Å². The average Bonchev–Trinajstić information content (AvgIpc) is 2.80. The van der Waals surface area contributed by atoms with Gasteiger partial charge >= 0.3 is 0 Å². The lowest BCUT2D eigenvalue weighted by atomic mass is 9.45. The van der Waals surface area contributed by atoms with Crippen LogP contribution in [0.4, 0.5) is 0 Å². The Hall–Kier alpha value is -0.570. The third kappa shape index (κ3) is 2.08. The van der Waals surface area contributed by atoms with Crippen molar-refractivity contribution in [1.29, 1.82) is 0 Å². The highest BCUT2D eigenvalue weighted by atomic mass is 16.3. The number of fused-ring (bicyclic) bond motifs is 5. The van der Waals surface area contributed by atoms with Crippen LogP contribution >= 0.6 is 0 Å². The molecule has 1 N–H and O–H groups in total. The molecule has 4 rings (SSSR count). The summed E-state index contributed by atoms with van der Waals surface area (Å²) >= 11 is 0. The van der Waals surface area contributed by atoms with E-state index in [2.05, 4.69) is 25.7 Å². The minimum absolute atomic E-state index is 0.0860. The molecular formula is C20H33NO2. The second-order valence-corrected chi connectivity index (χ2v) is 9.82. The third-order valence-corrected chi connectivity index (χ3v) is 8.68. The molecule has 0 spiro atoms. The van der Waals surface area contributed by atoms with Crippen molar-refractivity contribution in [2.45, 2.75) is 77.9 Å². The minimum atomic E-state index is -0.0860. The number of amides is 1. The summed E-state index contributed by atoms with van der Waals surface area (Å²) in [6.45, 7) is 7.32. The summed E-state index contributed by atoms with van der Waals surface area (Å²) in [4.78, 5) is 14.3. The Balaban J connectivity index is 1.70. The van der Waals surface area contributed by atoms with Crippen molar-refractivity contribution >= 4 is 5.91 Å². The summed E-state index contributed by atoms with van der Waals surface area (Å²) in [6, 6.07) is 0.427. The Morgan fingerprint density at radius 2 is 1.91 bits per heavy atom. The molecule has 3 aliphatic carbocycles. The predicted molar refractivity (Wildman–Crippen MR) is 90.7 cm³/mol. The topological polar surface area (TPSA) is 40.5 Å². The van der Waals surface area contributed by atoms with E-state index in [1.54, 1.807) is 0 Å². The quantitative estimate of drug-likeness (QED) is 0.743. The highest BCUT2D eigenvalue weighted by Crippen LogP contribution is 2.65. The maximum Gasteiger partial charge on any atom is 0.222 e. The summed E-state index contributed by atoms with van der Waals surface area (Å²) in [6.07, 6.45) is 7.45. The molecule has 1 aliphatic heterocycles. The first-order chi connectivity index (χ1) is 10.8. The number of aliphatic hydroxyl groups is 1. The molecule has 0 aromatic carbocycles. The number of likely N-dealkylation sites (tertiary alicyclic amines) is 1. The Bertz CT molecular complexity index is 520. The van der Waals surface area contributed by atoms with Gasteiger partial charge in [-0.2, -0.15) is 0 Å².